The predicted octanol–water partition coefficient (Wildman–Crippen LogP) is 6.78. The zero-order valence-corrected chi connectivity index (χ0v) is 21.0. The van der Waals surface area contributed by atoms with E-state index in [0.717, 1.165) is 53.7 Å². The molecule has 1 saturated carbocycles. The van der Waals surface area contributed by atoms with Crippen LogP contribution in [-0.4, -0.2) is 31.8 Å². The molecular formula is C29H32N4O3. The summed E-state index contributed by atoms with van der Waals surface area (Å²) in [6.07, 6.45) is 7.26. The number of fused-ring (bicyclic) bond motifs is 1. The van der Waals surface area contributed by atoms with Gasteiger partial charge in [-0.25, -0.2) is 9.67 Å². The van der Waals surface area contributed by atoms with E-state index >= 15 is 0 Å². The number of hydrogen-bond donors (Lipinski definition) is 1. The molecule has 0 unspecified atom stereocenters. The number of aliphatic hydroxyl groups is 1. The van der Waals surface area contributed by atoms with Gasteiger partial charge in [-0.15, -0.1) is 5.10 Å². The van der Waals surface area contributed by atoms with Gasteiger partial charge < -0.3 is 9.52 Å². The Kier molecular flexibility index (Phi) is 6.39. The van der Waals surface area contributed by atoms with Crippen LogP contribution < -0.4 is 4.90 Å². The van der Waals surface area contributed by atoms with E-state index in [1.165, 1.54) is 0 Å². The number of carbonyl (C=O) groups excluding carboxylic acids is 1. The Morgan fingerprint density at radius 1 is 1.11 bits per heavy atom. The number of hydrogen-bond acceptors (Lipinski definition) is 5. The summed E-state index contributed by atoms with van der Waals surface area (Å²) in [5.41, 5.74) is 4.64. The number of anilines is 1. The van der Waals surface area contributed by atoms with Gasteiger partial charge in [0.2, 0.25) is 5.91 Å². The van der Waals surface area contributed by atoms with Gasteiger partial charge in [-0.1, -0.05) is 25.6 Å². The molecule has 0 saturated heterocycles. The van der Waals surface area contributed by atoms with E-state index in [9.17, 15) is 9.90 Å². The molecule has 1 aliphatic carbocycles. The summed E-state index contributed by atoms with van der Waals surface area (Å²) in [6.45, 7) is 9.94. The number of furan rings is 1. The molecule has 1 amide bonds. The summed E-state index contributed by atoms with van der Waals surface area (Å²) in [6, 6.07) is 13.4. The highest BCUT2D eigenvalue weighted by molar-refractivity contribution is 5.96. The third-order valence-corrected chi connectivity index (χ3v) is 7.09. The molecule has 1 aliphatic rings. The smallest absolute Gasteiger partial charge is 0.231 e. The maximum absolute atomic E-state index is 13.6. The first-order valence-electron chi connectivity index (χ1n) is 12.6. The number of benzene rings is 1. The van der Waals surface area contributed by atoms with Crippen LogP contribution in [0.2, 0.25) is 0 Å². The molecule has 1 aromatic carbocycles. The number of nitrogens with zero attached hydrogens (tertiary/aromatic N) is 4. The lowest BCUT2D eigenvalue weighted by Crippen LogP contribution is -2.42. The molecule has 1 fully saturated rings. The standard InChI is InChI=1S/C29H32N4O3/c1-18(2)33(29(35)22-7-5-19(3)6-8-22)28-24(20(4)34)17-32(31-28)23-11-9-21(10-12-23)25-13-14-27-26(30-25)15-16-36-27/h9-19,22,34H,4-8H2,1-3H3/t19-,22-. The molecule has 7 nitrogen and oxygen atoms in total. The number of aromatic nitrogens is 3. The Bertz CT molecular complexity index is 1390. The lowest BCUT2D eigenvalue weighted by molar-refractivity contribution is -0.124. The third-order valence-electron chi connectivity index (χ3n) is 7.09. The molecule has 5 rings (SSSR count). The predicted molar refractivity (Wildman–Crippen MR) is 142 cm³/mol. The molecule has 0 aliphatic heterocycles. The molecule has 4 aromatic rings. The molecule has 3 heterocycles. The fourth-order valence-electron chi connectivity index (χ4n) is 4.98. The first-order valence-corrected chi connectivity index (χ1v) is 12.6. The van der Waals surface area contributed by atoms with Crippen molar-refractivity contribution in [3.05, 3.63) is 67.1 Å². The van der Waals surface area contributed by atoms with Crippen molar-refractivity contribution in [2.45, 2.75) is 52.5 Å². The summed E-state index contributed by atoms with van der Waals surface area (Å²) in [4.78, 5) is 20.0. The molecule has 1 N–H and O–H groups in total. The van der Waals surface area contributed by atoms with Gasteiger partial charge in [-0.3, -0.25) is 9.69 Å². The number of amides is 1. The minimum atomic E-state index is -0.110. The Morgan fingerprint density at radius 3 is 2.50 bits per heavy atom. The van der Waals surface area contributed by atoms with Crippen molar-refractivity contribution in [1.82, 2.24) is 14.8 Å². The average Bonchev–Trinajstić information content (AvgIpc) is 3.51. The van der Waals surface area contributed by atoms with Crippen LogP contribution in [0.1, 0.15) is 52.0 Å². The number of carbonyl (C=O) groups is 1. The second kappa shape index (κ2) is 9.64. The van der Waals surface area contributed by atoms with E-state index < -0.39 is 0 Å². The Balaban J connectivity index is 1.46. The van der Waals surface area contributed by atoms with Crippen molar-refractivity contribution >= 4 is 28.6 Å². The van der Waals surface area contributed by atoms with Crippen LogP contribution in [0.4, 0.5) is 5.82 Å². The van der Waals surface area contributed by atoms with Crippen LogP contribution >= 0.6 is 0 Å². The van der Waals surface area contributed by atoms with Crippen molar-refractivity contribution in [3.63, 3.8) is 0 Å². The van der Waals surface area contributed by atoms with E-state index in [2.05, 4.69) is 18.5 Å². The fourth-order valence-corrected chi connectivity index (χ4v) is 4.98. The summed E-state index contributed by atoms with van der Waals surface area (Å²) in [5, 5.41) is 15.1. The highest BCUT2D eigenvalue weighted by atomic mass is 16.3. The van der Waals surface area contributed by atoms with Gasteiger partial charge in [0, 0.05) is 29.8 Å². The van der Waals surface area contributed by atoms with Crippen molar-refractivity contribution in [2.75, 3.05) is 4.90 Å². The van der Waals surface area contributed by atoms with E-state index in [1.54, 1.807) is 22.0 Å². The second-order valence-corrected chi connectivity index (χ2v) is 10.1. The molecule has 7 heteroatoms. The van der Waals surface area contributed by atoms with Gasteiger partial charge in [-0.05, 0) is 69.7 Å². The van der Waals surface area contributed by atoms with Crippen molar-refractivity contribution in [3.8, 4) is 16.9 Å². The van der Waals surface area contributed by atoms with Crippen molar-refractivity contribution < 1.29 is 14.3 Å². The summed E-state index contributed by atoms with van der Waals surface area (Å²) >= 11 is 0. The Morgan fingerprint density at radius 2 is 1.83 bits per heavy atom. The van der Waals surface area contributed by atoms with E-state index in [0.29, 0.717) is 17.3 Å². The zero-order valence-electron chi connectivity index (χ0n) is 21.0. The van der Waals surface area contributed by atoms with Gasteiger partial charge in [0.1, 0.15) is 11.3 Å². The van der Waals surface area contributed by atoms with Crippen molar-refractivity contribution in [1.29, 1.82) is 0 Å². The molecule has 0 bridgehead atoms. The Hall–Kier alpha value is -3.87. The van der Waals surface area contributed by atoms with Gasteiger partial charge >= 0.3 is 0 Å². The highest BCUT2D eigenvalue weighted by Crippen LogP contribution is 2.34. The van der Waals surface area contributed by atoms with E-state index in [4.69, 9.17) is 9.52 Å². The van der Waals surface area contributed by atoms with E-state index in [-0.39, 0.29) is 23.6 Å². The van der Waals surface area contributed by atoms with Crippen LogP contribution in [-0.2, 0) is 4.79 Å². The second-order valence-electron chi connectivity index (χ2n) is 10.1. The summed E-state index contributed by atoms with van der Waals surface area (Å²) in [7, 11) is 0. The van der Waals surface area contributed by atoms with Crippen LogP contribution in [0.25, 0.3) is 33.8 Å². The van der Waals surface area contributed by atoms with Crippen molar-refractivity contribution in [2.24, 2.45) is 11.8 Å². The van der Waals surface area contributed by atoms with Crippen LogP contribution in [0.5, 0.6) is 0 Å². The molecular weight excluding hydrogens is 452 g/mol. The van der Waals surface area contributed by atoms with Crippen LogP contribution in [0.15, 0.2) is 65.9 Å². The van der Waals surface area contributed by atoms with Gasteiger partial charge in [0.25, 0.3) is 0 Å². The minimum absolute atomic E-state index is 0.0205. The number of pyridine rings is 1. The Labute approximate surface area is 211 Å². The zero-order chi connectivity index (χ0) is 25.4. The molecule has 0 atom stereocenters. The molecule has 36 heavy (non-hydrogen) atoms. The average molecular weight is 485 g/mol. The summed E-state index contributed by atoms with van der Waals surface area (Å²) in [5.74, 6) is 1.04. The molecule has 0 spiro atoms. The number of rotatable bonds is 6. The quantitative estimate of drug-likeness (QED) is 0.305. The minimum Gasteiger partial charge on any atom is -0.508 e. The van der Waals surface area contributed by atoms with Gasteiger partial charge in [-0.2, -0.15) is 0 Å². The SMILES string of the molecule is C=C(O)c1cn(-c2ccc(-c3ccc4occc4n3)cc2)nc1N(C(=O)[C@H]1CC[C@H](C)CC1)C(C)C. The molecule has 186 valence electrons. The third kappa shape index (κ3) is 4.53. The van der Waals surface area contributed by atoms with E-state index in [1.807, 2.05) is 56.3 Å². The molecule has 0 radical (unpaired) electrons. The maximum Gasteiger partial charge on any atom is 0.231 e. The fraction of sp³-hybridized carbons (Fsp3) is 0.345. The lowest BCUT2D eigenvalue weighted by Gasteiger charge is -2.32. The topological polar surface area (TPSA) is 84.4 Å². The normalized spacial score (nSPS) is 18.0. The first-order chi connectivity index (χ1) is 17.3. The first kappa shape index (κ1) is 23.9. The highest BCUT2D eigenvalue weighted by Gasteiger charge is 2.33. The van der Waals surface area contributed by atoms with Crippen LogP contribution in [0, 0.1) is 11.8 Å². The van der Waals surface area contributed by atoms with Gasteiger partial charge in [0.05, 0.1) is 23.2 Å². The van der Waals surface area contributed by atoms with Gasteiger partial charge in [0.15, 0.2) is 11.4 Å². The lowest BCUT2D eigenvalue weighted by atomic mass is 9.82. The summed E-state index contributed by atoms with van der Waals surface area (Å²) < 4.78 is 7.07. The number of aliphatic hydroxyl groups excluding tert-OH is 1. The monoisotopic (exact) mass is 484 g/mol. The molecule has 3 aromatic heterocycles. The van der Waals surface area contributed by atoms with Crippen LogP contribution in [0.3, 0.4) is 0 Å². The maximum atomic E-state index is 13.6. The largest absolute Gasteiger partial charge is 0.508 e.